The Labute approximate surface area is 155 Å². The summed E-state index contributed by atoms with van der Waals surface area (Å²) in [6.07, 6.45) is 0.972. The molecule has 4 nitrogen and oxygen atoms in total. The van der Waals surface area contributed by atoms with Crippen LogP contribution in [0.5, 0.6) is 5.75 Å². The SMILES string of the molecule is C[C@@H]1CNCCN1C(=O)C1CC1c1ccc(OCc2ccccc2)cc1. The van der Waals surface area contributed by atoms with Crippen LogP contribution in [0.25, 0.3) is 0 Å². The van der Waals surface area contributed by atoms with E-state index in [9.17, 15) is 4.79 Å². The fourth-order valence-electron chi connectivity index (χ4n) is 3.77. The molecule has 2 unspecified atom stereocenters. The molecule has 1 aliphatic heterocycles. The van der Waals surface area contributed by atoms with Gasteiger partial charge in [0.25, 0.3) is 0 Å². The van der Waals surface area contributed by atoms with E-state index in [0.717, 1.165) is 37.4 Å². The number of carbonyl (C=O) groups excluding carboxylic acids is 1. The molecule has 2 aliphatic rings. The maximum atomic E-state index is 12.8. The Kier molecular flexibility index (Phi) is 4.93. The Morgan fingerprint density at radius 2 is 1.92 bits per heavy atom. The molecule has 3 atom stereocenters. The molecule has 2 fully saturated rings. The number of nitrogens with zero attached hydrogens (tertiary/aromatic N) is 1. The molecule has 0 radical (unpaired) electrons. The number of rotatable bonds is 5. The second kappa shape index (κ2) is 7.50. The molecule has 1 saturated heterocycles. The van der Waals surface area contributed by atoms with E-state index in [1.165, 1.54) is 5.56 Å². The molecule has 1 saturated carbocycles. The lowest BCUT2D eigenvalue weighted by Gasteiger charge is -2.34. The number of hydrogen-bond acceptors (Lipinski definition) is 3. The van der Waals surface area contributed by atoms with Crippen molar-refractivity contribution in [3.05, 3.63) is 65.7 Å². The van der Waals surface area contributed by atoms with Gasteiger partial charge in [-0.15, -0.1) is 0 Å². The average molecular weight is 350 g/mol. The van der Waals surface area contributed by atoms with Gasteiger partial charge in [-0.05, 0) is 42.5 Å². The number of nitrogens with one attached hydrogen (secondary N) is 1. The molecular weight excluding hydrogens is 324 g/mol. The van der Waals surface area contributed by atoms with Crippen LogP contribution in [0.15, 0.2) is 54.6 Å². The van der Waals surface area contributed by atoms with Crippen LogP contribution < -0.4 is 10.1 Å². The molecule has 1 N–H and O–H groups in total. The topological polar surface area (TPSA) is 41.6 Å². The average Bonchev–Trinajstić information content (AvgIpc) is 3.48. The summed E-state index contributed by atoms with van der Waals surface area (Å²) >= 11 is 0. The molecule has 26 heavy (non-hydrogen) atoms. The summed E-state index contributed by atoms with van der Waals surface area (Å²) in [7, 11) is 0. The molecule has 0 spiro atoms. The van der Waals surface area contributed by atoms with Crippen LogP contribution in [0.1, 0.15) is 30.4 Å². The van der Waals surface area contributed by atoms with Crippen molar-refractivity contribution in [2.24, 2.45) is 5.92 Å². The van der Waals surface area contributed by atoms with Crippen LogP contribution >= 0.6 is 0 Å². The Balaban J connectivity index is 1.32. The molecular formula is C22H26N2O2. The lowest BCUT2D eigenvalue weighted by atomic mass is 10.1. The summed E-state index contributed by atoms with van der Waals surface area (Å²) in [5.41, 5.74) is 2.41. The van der Waals surface area contributed by atoms with Gasteiger partial charge >= 0.3 is 0 Å². The summed E-state index contributed by atoms with van der Waals surface area (Å²) in [4.78, 5) is 14.8. The normalized spacial score (nSPS) is 25.0. The summed E-state index contributed by atoms with van der Waals surface area (Å²) in [6.45, 7) is 5.33. The van der Waals surface area contributed by atoms with Crippen molar-refractivity contribution < 1.29 is 9.53 Å². The first-order chi connectivity index (χ1) is 12.7. The van der Waals surface area contributed by atoms with Crippen molar-refractivity contribution in [3.8, 4) is 5.75 Å². The van der Waals surface area contributed by atoms with E-state index in [2.05, 4.69) is 41.4 Å². The third-order valence-electron chi connectivity index (χ3n) is 5.45. The smallest absolute Gasteiger partial charge is 0.226 e. The van der Waals surface area contributed by atoms with Gasteiger partial charge in [0.1, 0.15) is 12.4 Å². The van der Waals surface area contributed by atoms with Crippen molar-refractivity contribution in [3.63, 3.8) is 0 Å². The summed E-state index contributed by atoms with van der Waals surface area (Å²) in [5.74, 6) is 1.73. The van der Waals surface area contributed by atoms with Gasteiger partial charge < -0.3 is 15.0 Å². The zero-order chi connectivity index (χ0) is 17.9. The van der Waals surface area contributed by atoms with E-state index in [-0.39, 0.29) is 5.92 Å². The standard InChI is InChI=1S/C22H26N2O2/c1-16-14-23-11-12-24(16)22(25)21-13-20(21)18-7-9-19(10-8-18)26-15-17-5-3-2-4-6-17/h2-10,16,20-21,23H,11-15H2,1H3/t16-,20?,21?/m1/s1. The van der Waals surface area contributed by atoms with E-state index in [1.807, 2.05) is 30.3 Å². The van der Waals surface area contributed by atoms with Gasteiger partial charge in [0.2, 0.25) is 5.91 Å². The largest absolute Gasteiger partial charge is 0.489 e. The predicted octanol–water partition coefficient (Wildman–Crippen LogP) is 3.19. The van der Waals surface area contributed by atoms with Crippen LogP contribution in [0, 0.1) is 5.92 Å². The Morgan fingerprint density at radius 3 is 2.65 bits per heavy atom. The highest BCUT2D eigenvalue weighted by atomic mass is 16.5. The molecule has 136 valence electrons. The number of carbonyl (C=O) groups is 1. The first-order valence-corrected chi connectivity index (χ1v) is 9.50. The molecule has 1 heterocycles. The van der Waals surface area contributed by atoms with Crippen LogP contribution in [-0.4, -0.2) is 36.5 Å². The van der Waals surface area contributed by atoms with Crippen molar-refractivity contribution in [2.75, 3.05) is 19.6 Å². The minimum absolute atomic E-state index is 0.159. The highest BCUT2D eigenvalue weighted by Crippen LogP contribution is 2.49. The molecule has 0 aromatic heterocycles. The fourth-order valence-corrected chi connectivity index (χ4v) is 3.77. The Bertz CT molecular complexity index is 744. The van der Waals surface area contributed by atoms with E-state index in [0.29, 0.717) is 24.5 Å². The number of benzene rings is 2. The molecule has 4 rings (SSSR count). The van der Waals surface area contributed by atoms with Crippen molar-refractivity contribution in [2.45, 2.75) is 31.9 Å². The first-order valence-electron chi connectivity index (χ1n) is 9.50. The molecule has 1 aliphatic carbocycles. The van der Waals surface area contributed by atoms with E-state index in [4.69, 9.17) is 4.74 Å². The van der Waals surface area contributed by atoms with Gasteiger partial charge in [0.05, 0.1) is 0 Å². The van der Waals surface area contributed by atoms with Gasteiger partial charge in [-0.25, -0.2) is 0 Å². The predicted molar refractivity (Wildman–Crippen MR) is 102 cm³/mol. The van der Waals surface area contributed by atoms with Crippen molar-refractivity contribution >= 4 is 5.91 Å². The Morgan fingerprint density at radius 1 is 1.15 bits per heavy atom. The third kappa shape index (κ3) is 3.75. The minimum atomic E-state index is 0.159. The lowest BCUT2D eigenvalue weighted by molar-refractivity contribution is -0.135. The van der Waals surface area contributed by atoms with E-state index >= 15 is 0 Å². The first kappa shape index (κ1) is 17.1. The van der Waals surface area contributed by atoms with Crippen LogP contribution in [0.4, 0.5) is 0 Å². The quantitative estimate of drug-likeness (QED) is 0.900. The van der Waals surface area contributed by atoms with Crippen molar-refractivity contribution in [1.29, 1.82) is 0 Å². The van der Waals surface area contributed by atoms with Crippen LogP contribution in [-0.2, 0) is 11.4 Å². The highest BCUT2D eigenvalue weighted by molar-refractivity contribution is 5.83. The fraction of sp³-hybridized carbons (Fsp3) is 0.409. The number of hydrogen-bond donors (Lipinski definition) is 1. The maximum absolute atomic E-state index is 12.8. The van der Waals surface area contributed by atoms with E-state index < -0.39 is 0 Å². The van der Waals surface area contributed by atoms with E-state index in [1.54, 1.807) is 0 Å². The zero-order valence-corrected chi connectivity index (χ0v) is 15.2. The number of ether oxygens (including phenoxy) is 1. The second-order valence-corrected chi connectivity index (χ2v) is 7.38. The zero-order valence-electron chi connectivity index (χ0n) is 15.2. The monoisotopic (exact) mass is 350 g/mol. The summed E-state index contributed by atoms with van der Waals surface area (Å²) in [6, 6.07) is 18.7. The van der Waals surface area contributed by atoms with Crippen molar-refractivity contribution in [1.82, 2.24) is 10.2 Å². The Hall–Kier alpha value is -2.33. The maximum Gasteiger partial charge on any atom is 0.226 e. The summed E-state index contributed by atoms with van der Waals surface area (Å²) in [5, 5.41) is 3.34. The van der Waals surface area contributed by atoms with Crippen LogP contribution in [0.2, 0.25) is 0 Å². The highest BCUT2D eigenvalue weighted by Gasteiger charge is 2.46. The van der Waals surface area contributed by atoms with Gasteiger partial charge in [-0.2, -0.15) is 0 Å². The molecule has 1 amide bonds. The molecule has 2 aromatic rings. The molecule has 4 heteroatoms. The van der Waals surface area contributed by atoms with Crippen LogP contribution in [0.3, 0.4) is 0 Å². The van der Waals surface area contributed by atoms with Gasteiger partial charge in [-0.3, -0.25) is 4.79 Å². The number of amides is 1. The second-order valence-electron chi connectivity index (χ2n) is 7.38. The molecule has 2 aromatic carbocycles. The van der Waals surface area contributed by atoms with Gasteiger partial charge in [0.15, 0.2) is 0 Å². The van der Waals surface area contributed by atoms with Gasteiger partial charge in [-0.1, -0.05) is 42.5 Å². The summed E-state index contributed by atoms with van der Waals surface area (Å²) < 4.78 is 5.85. The molecule has 0 bridgehead atoms. The van der Waals surface area contributed by atoms with Gasteiger partial charge in [0, 0.05) is 31.6 Å². The third-order valence-corrected chi connectivity index (χ3v) is 5.45. The lowest BCUT2D eigenvalue weighted by Crippen LogP contribution is -2.52. The number of piperazine rings is 1. The minimum Gasteiger partial charge on any atom is -0.489 e.